The SMILES string of the molecule is CO[C@H]1C[C@H]2C=CC([C@H](OC(=O)c3ccc(OC(C)=O)n3O)[C@H](C)[C@H](C)O)=C[C@]2(O)/C(C)=C/[C@@H](C)[C@@H]([C@@H](C)O)OC1=O. The summed E-state index contributed by atoms with van der Waals surface area (Å²) in [6.07, 6.45) is 1.71. The molecule has 1 aromatic rings. The molecule has 2 heterocycles. The molecular formula is C30H41NO11. The van der Waals surface area contributed by atoms with Gasteiger partial charge >= 0.3 is 17.9 Å². The van der Waals surface area contributed by atoms with Crippen LogP contribution in [0, 0.1) is 17.8 Å². The molecule has 0 aromatic carbocycles. The van der Waals surface area contributed by atoms with E-state index in [0.29, 0.717) is 15.9 Å². The van der Waals surface area contributed by atoms with E-state index < -0.39 is 71.8 Å². The Hall–Kier alpha value is -3.45. The number of aliphatic hydroxyl groups is 3. The molecule has 0 amide bonds. The minimum Gasteiger partial charge on any atom is -0.457 e. The van der Waals surface area contributed by atoms with Crippen LogP contribution in [0.1, 0.15) is 58.5 Å². The molecule has 0 radical (unpaired) electrons. The van der Waals surface area contributed by atoms with Gasteiger partial charge < -0.3 is 39.5 Å². The van der Waals surface area contributed by atoms with Crippen molar-refractivity contribution in [3.63, 3.8) is 0 Å². The van der Waals surface area contributed by atoms with Gasteiger partial charge in [-0.3, -0.25) is 4.79 Å². The molecule has 0 bridgehead atoms. The summed E-state index contributed by atoms with van der Waals surface area (Å²) >= 11 is 0. The first-order valence-corrected chi connectivity index (χ1v) is 13.8. The Morgan fingerprint density at radius 2 is 1.86 bits per heavy atom. The number of aromatic nitrogens is 1. The van der Waals surface area contributed by atoms with Gasteiger partial charge in [0.1, 0.15) is 17.8 Å². The van der Waals surface area contributed by atoms with Crippen LogP contribution in [-0.4, -0.2) is 86.4 Å². The van der Waals surface area contributed by atoms with Crippen LogP contribution in [0.4, 0.5) is 0 Å². The van der Waals surface area contributed by atoms with E-state index in [1.54, 1.807) is 39.0 Å². The molecule has 4 N–H and O–H groups in total. The maximum Gasteiger partial charge on any atom is 0.359 e. The first-order valence-electron chi connectivity index (χ1n) is 13.8. The second-order valence-electron chi connectivity index (χ2n) is 11.1. The van der Waals surface area contributed by atoms with E-state index in [9.17, 15) is 34.9 Å². The van der Waals surface area contributed by atoms with Gasteiger partial charge in [0, 0.05) is 37.9 Å². The van der Waals surface area contributed by atoms with Crippen LogP contribution in [-0.2, 0) is 23.8 Å². The minimum absolute atomic E-state index is 0.0472. The summed E-state index contributed by atoms with van der Waals surface area (Å²) in [5, 5.41) is 43.3. The van der Waals surface area contributed by atoms with Gasteiger partial charge in [0.05, 0.1) is 12.2 Å². The monoisotopic (exact) mass is 591 g/mol. The van der Waals surface area contributed by atoms with E-state index in [0.717, 1.165) is 6.92 Å². The molecule has 232 valence electrons. The summed E-state index contributed by atoms with van der Waals surface area (Å²) in [4.78, 5) is 37.4. The smallest absolute Gasteiger partial charge is 0.359 e. The summed E-state index contributed by atoms with van der Waals surface area (Å²) in [7, 11) is 1.36. The molecule has 0 unspecified atom stereocenters. The van der Waals surface area contributed by atoms with Crippen LogP contribution in [0.15, 0.2) is 47.6 Å². The number of carbonyl (C=O) groups is 3. The minimum atomic E-state index is -1.67. The van der Waals surface area contributed by atoms with E-state index in [1.165, 1.54) is 39.2 Å². The zero-order valence-electron chi connectivity index (χ0n) is 24.9. The normalized spacial score (nSPS) is 30.4. The van der Waals surface area contributed by atoms with Crippen LogP contribution in [0.25, 0.3) is 0 Å². The Morgan fingerprint density at radius 3 is 2.43 bits per heavy atom. The van der Waals surface area contributed by atoms with Crippen molar-refractivity contribution < 1.29 is 53.9 Å². The summed E-state index contributed by atoms with van der Waals surface area (Å²) < 4.78 is 22.0. The fourth-order valence-electron chi connectivity index (χ4n) is 5.32. The van der Waals surface area contributed by atoms with Crippen molar-refractivity contribution >= 4 is 17.9 Å². The fraction of sp³-hybridized carbons (Fsp3) is 0.567. The van der Waals surface area contributed by atoms with Gasteiger partial charge in [-0.2, -0.15) is 0 Å². The maximum absolute atomic E-state index is 13.2. The number of esters is 3. The summed E-state index contributed by atoms with van der Waals surface area (Å²) in [6.45, 7) is 9.33. The molecule has 12 heteroatoms. The molecule has 1 aliphatic carbocycles. The average molecular weight is 592 g/mol. The summed E-state index contributed by atoms with van der Waals surface area (Å²) in [5.74, 6) is -4.40. The van der Waals surface area contributed by atoms with Gasteiger partial charge in [-0.1, -0.05) is 32.1 Å². The number of aliphatic hydroxyl groups excluding tert-OH is 2. The van der Waals surface area contributed by atoms with Crippen molar-refractivity contribution in [2.75, 3.05) is 7.11 Å². The Labute approximate surface area is 244 Å². The number of carbonyl (C=O) groups excluding carboxylic acids is 3. The third kappa shape index (κ3) is 6.95. The fourth-order valence-corrected chi connectivity index (χ4v) is 5.32. The lowest BCUT2D eigenvalue weighted by molar-refractivity contribution is -0.170. The Balaban J connectivity index is 2.06. The first kappa shape index (κ1) is 33.1. The van der Waals surface area contributed by atoms with Gasteiger partial charge in [-0.05, 0) is 50.5 Å². The lowest BCUT2D eigenvalue weighted by Gasteiger charge is -2.41. The highest BCUT2D eigenvalue weighted by Gasteiger charge is 2.44. The Morgan fingerprint density at radius 1 is 1.19 bits per heavy atom. The number of hydrogen-bond donors (Lipinski definition) is 4. The molecule has 0 spiro atoms. The molecule has 9 atom stereocenters. The molecule has 12 nitrogen and oxygen atoms in total. The van der Waals surface area contributed by atoms with E-state index in [4.69, 9.17) is 18.9 Å². The van der Waals surface area contributed by atoms with Crippen molar-refractivity contribution in [1.29, 1.82) is 0 Å². The average Bonchev–Trinajstić information content (AvgIpc) is 3.27. The first-order chi connectivity index (χ1) is 19.6. The third-order valence-electron chi connectivity index (χ3n) is 7.96. The van der Waals surface area contributed by atoms with Gasteiger partial charge in [-0.25, -0.2) is 9.59 Å². The largest absolute Gasteiger partial charge is 0.457 e. The van der Waals surface area contributed by atoms with Gasteiger partial charge in [-0.15, -0.1) is 4.73 Å². The highest BCUT2D eigenvalue weighted by molar-refractivity contribution is 5.88. The highest BCUT2D eigenvalue weighted by Crippen LogP contribution is 2.41. The molecule has 1 aliphatic heterocycles. The molecule has 2 aliphatic rings. The molecular weight excluding hydrogens is 550 g/mol. The number of hydrogen-bond acceptors (Lipinski definition) is 11. The summed E-state index contributed by atoms with van der Waals surface area (Å²) in [5.41, 5.74) is -1.11. The maximum atomic E-state index is 13.2. The van der Waals surface area contributed by atoms with Crippen LogP contribution in [0.3, 0.4) is 0 Å². The van der Waals surface area contributed by atoms with E-state index in [1.807, 2.05) is 0 Å². The van der Waals surface area contributed by atoms with Crippen molar-refractivity contribution in [3.8, 4) is 5.88 Å². The Bertz CT molecular complexity index is 1260. The topological polar surface area (TPSA) is 174 Å². The van der Waals surface area contributed by atoms with Crippen molar-refractivity contribution in [2.45, 2.75) is 84.1 Å². The van der Waals surface area contributed by atoms with Crippen molar-refractivity contribution in [2.24, 2.45) is 17.8 Å². The van der Waals surface area contributed by atoms with Gasteiger partial charge in [0.15, 0.2) is 11.8 Å². The lowest BCUT2D eigenvalue weighted by Crippen LogP contribution is -2.46. The standard InChI is InChI=1S/C30H41NO11/c1-15-12-16(2)30(37)14-21(8-9-22(30)13-24(39-7)29(36)41-26(15)19(5)33)27(17(3)18(4)32)42-28(35)23-10-11-25(31(23)38)40-20(6)34/h8-12,14-15,17-19,22,24,26-27,32-33,37-38H,13H2,1-7H3/b16-12+/t15-,17-,18+,19-,22-,24+,26+,27-,30+/m1/s1. The zero-order chi connectivity index (χ0) is 31.5. The van der Waals surface area contributed by atoms with Crippen LogP contribution >= 0.6 is 0 Å². The van der Waals surface area contributed by atoms with E-state index in [2.05, 4.69) is 0 Å². The van der Waals surface area contributed by atoms with Gasteiger partial charge in [0.25, 0.3) is 0 Å². The second kappa shape index (κ2) is 13.2. The lowest BCUT2D eigenvalue weighted by atomic mass is 9.71. The van der Waals surface area contributed by atoms with Crippen molar-refractivity contribution in [3.05, 3.63) is 53.3 Å². The predicted molar refractivity (Wildman–Crippen MR) is 149 cm³/mol. The number of ether oxygens (including phenoxy) is 4. The molecule has 0 saturated carbocycles. The second-order valence-corrected chi connectivity index (χ2v) is 11.1. The number of cyclic esters (lactones) is 1. The van der Waals surface area contributed by atoms with Crippen LogP contribution in [0.2, 0.25) is 0 Å². The molecule has 3 rings (SSSR count). The predicted octanol–water partition coefficient (Wildman–Crippen LogP) is 2.33. The molecule has 0 fully saturated rings. The zero-order valence-corrected chi connectivity index (χ0v) is 24.9. The van der Waals surface area contributed by atoms with Crippen LogP contribution < -0.4 is 4.74 Å². The molecule has 0 saturated heterocycles. The van der Waals surface area contributed by atoms with Gasteiger partial charge in [0.2, 0.25) is 5.88 Å². The quantitative estimate of drug-likeness (QED) is 0.198. The van der Waals surface area contributed by atoms with Crippen LogP contribution in [0.5, 0.6) is 5.88 Å². The van der Waals surface area contributed by atoms with Crippen molar-refractivity contribution in [1.82, 2.24) is 4.73 Å². The number of fused-ring (bicyclic) bond motifs is 1. The number of methoxy groups -OCH3 is 1. The third-order valence-corrected chi connectivity index (χ3v) is 7.96. The Kier molecular flexibility index (Phi) is 10.4. The van der Waals surface area contributed by atoms with E-state index in [-0.39, 0.29) is 18.0 Å². The summed E-state index contributed by atoms with van der Waals surface area (Å²) in [6, 6.07) is 2.45. The molecule has 42 heavy (non-hydrogen) atoms. The highest BCUT2D eigenvalue weighted by atomic mass is 16.6. The number of rotatable bonds is 8. The number of nitrogens with zero attached hydrogens (tertiary/aromatic N) is 1. The van der Waals surface area contributed by atoms with E-state index >= 15 is 0 Å². The molecule has 1 aromatic heterocycles.